The van der Waals surface area contributed by atoms with Crippen molar-refractivity contribution in [2.45, 2.75) is 25.2 Å². The van der Waals surface area contributed by atoms with Crippen molar-refractivity contribution in [3.05, 3.63) is 71.8 Å². The molecule has 1 saturated carbocycles. The molecule has 0 bridgehead atoms. The lowest BCUT2D eigenvalue weighted by Crippen LogP contribution is -2.44. The summed E-state index contributed by atoms with van der Waals surface area (Å²) in [6.07, 6.45) is 2.05. The number of rotatable bonds is 7. The smallest absolute Gasteiger partial charge is 0.307 e. The van der Waals surface area contributed by atoms with Crippen LogP contribution >= 0.6 is 0 Å². The van der Waals surface area contributed by atoms with E-state index in [0.717, 1.165) is 6.42 Å². The highest BCUT2D eigenvalue weighted by molar-refractivity contribution is 5.86. The zero-order valence-electron chi connectivity index (χ0n) is 14.1. The van der Waals surface area contributed by atoms with E-state index in [-0.39, 0.29) is 17.7 Å². The number of nitrogens with one attached hydrogen (secondary N) is 1. The highest BCUT2D eigenvalue weighted by Crippen LogP contribution is 2.34. The molecule has 130 valence electrons. The summed E-state index contributed by atoms with van der Waals surface area (Å²) < 4.78 is 0. The van der Waals surface area contributed by atoms with Gasteiger partial charge in [-0.2, -0.15) is 0 Å². The largest absolute Gasteiger partial charge is 0.481 e. The second-order valence-corrected chi connectivity index (χ2v) is 6.58. The summed E-state index contributed by atoms with van der Waals surface area (Å²) in [6, 6.07) is 20.5. The van der Waals surface area contributed by atoms with Gasteiger partial charge in [0.15, 0.2) is 0 Å². The minimum Gasteiger partial charge on any atom is -0.481 e. The van der Waals surface area contributed by atoms with Gasteiger partial charge in [0, 0.05) is 12.5 Å². The molecule has 1 amide bonds. The van der Waals surface area contributed by atoms with Gasteiger partial charge in [-0.05, 0) is 30.4 Å². The van der Waals surface area contributed by atoms with E-state index < -0.39 is 11.9 Å². The van der Waals surface area contributed by atoms with Crippen molar-refractivity contribution in [1.29, 1.82) is 0 Å². The van der Waals surface area contributed by atoms with Crippen LogP contribution < -0.4 is 5.32 Å². The van der Waals surface area contributed by atoms with E-state index in [2.05, 4.69) is 29.6 Å². The number of carboxylic acid groups (broad SMARTS) is 1. The summed E-state index contributed by atoms with van der Waals surface area (Å²) in [5.74, 6) is -1.67. The van der Waals surface area contributed by atoms with Crippen molar-refractivity contribution in [3.63, 3.8) is 0 Å². The number of amides is 1. The monoisotopic (exact) mass is 337 g/mol. The highest BCUT2D eigenvalue weighted by atomic mass is 16.4. The summed E-state index contributed by atoms with van der Waals surface area (Å²) in [5, 5.41) is 12.0. The first-order chi connectivity index (χ1) is 12.2. The van der Waals surface area contributed by atoms with E-state index in [9.17, 15) is 9.59 Å². The molecule has 2 atom stereocenters. The third-order valence-electron chi connectivity index (χ3n) is 5.06. The van der Waals surface area contributed by atoms with Gasteiger partial charge in [-0.25, -0.2) is 0 Å². The van der Waals surface area contributed by atoms with E-state index in [4.69, 9.17) is 5.11 Å². The zero-order chi connectivity index (χ0) is 17.6. The molecule has 0 radical (unpaired) electrons. The molecule has 2 unspecified atom stereocenters. The Morgan fingerprint density at radius 2 is 1.44 bits per heavy atom. The Kier molecular flexibility index (Phi) is 5.49. The van der Waals surface area contributed by atoms with Gasteiger partial charge in [0.1, 0.15) is 0 Å². The number of hydrogen-bond acceptors (Lipinski definition) is 2. The van der Waals surface area contributed by atoms with Gasteiger partial charge in [0.05, 0.1) is 11.8 Å². The average Bonchev–Trinajstić information content (AvgIpc) is 2.59. The second kappa shape index (κ2) is 7.97. The normalized spacial score (nSPS) is 19.2. The van der Waals surface area contributed by atoms with Gasteiger partial charge in [0.2, 0.25) is 5.91 Å². The van der Waals surface area contributed by atoms with Crippen molar-refractivity contribution in [1.82, 2.24) is 5.32 Å². The Bertz CT molecular complexity index is 675. The predicted molar refractivity (Wildman–Crippen MR) is 96.2 cm³/mol. The molecule has 1 aliphatic rings. The Morgan fingerprint density at radius 3 is 1.88 bits per heavy atom. The van der Waals surface area contributed by atoms with Crippen LogP contribution in [-0.4, -0.2) is 23.5 Å². The third-order valence-corrected chi connectivity index (χ3v) is 5.06. The Hall–Kier alpha value is -2.62. The highest BCUT2D eigenvalue weighted by Gasteiger charge is 2.41. The fourth-order valence-electron chi connectivity index (χ4n) is 3.48. The van der Waals surface area contributed by atoms with Crippen molar-refractivity contribution >= 4 is 11.9 Å². The maximum absolute atomic E-state index is 12.2. The Labute approximate surface area is 147 Å². The lowest BCUT2D eigenvalue weighted by molar-refractivity contribution is -0.152. The molecule has 0 aromatic heterocycles. The van der Waals surface area contributed by atoms with Crippen LogP contribution in [0.5, 0.6) is 0 Å². The molecule has 1 fully saturated rings. The summed E-state index contributed by atoms with van der Waals surface area (Å²) in [4.78, 5) is 23.3. The predicted octanol–water partition coefficient (Wildman–Crippen LogP) is 3.44. The molecule has 25 heavy (non-hydrogen) atoms. The molecule has 2 aromatic carbocycles. The minimum absolute atomic E-state index is 0.126. The van der Waals surface area contributed by atoms with Gasteiger partial charge in [0.25, 0.3) is 0 Å². The van der Waals surface area contributed by atoms with Gasteiger partial charge in [-0.3, -0.25) is 9.59 Å². The van der Waals surface area contributed by atoms with Gasteiger partial charge in [-0.15, -0.1) is 0 Å². The molecule has 0 saturated heterocycles. The van der Waals surface area contributed by atoms with Crippen molar-refractivity contribution in [2.24, 2.45) is 11.8 Å². The SMILES string of the molecule is O=C(O)C1CCC1C(=O)NCCC(c1ccccc1)c1ccccc1. The first kappa shape index (κ1) is 17.2. The molecular weight excluding hydrogens is 314 g/mol. The molecular formula is C21H23NO3. The third kappa shape index (κ3) is 4.08. The molecule has 1 aliphatic carbocycles. The molecule has 4 nitrogen and oxygen atoms in total. The second-order valence-electron chi connectivity index (χ2n) is 6.58. The van der Waals surface area contributed by atoms with Crippen LogP contribution in [0.15, 0.2) is 60.7 Å². The first-order valence-electron chi connectivity index (χ1n) is 8.77. The maximum atomic E-state index is 12.2. The average molecular weight is 337 g/mol. The van der Waals surface area contributed by atoms with Crippen molar-refractivity contribution < 1.29 is 14.7 Å². The van der Waals surface area contributed by atoms with Crippen LogP contribution in [0.3, 0.4) is 0 Å². The summed E-state index contributed by atoms with van der Waals surface area (Å²) in [5.41, 5.74) is 2.44. The number of aliphatic carboxylic acids is 1. The number of carbonyl (C=O) groups excluding carboxylic acids is 1. The van der Waals surface area contributed by atoms with Gasteiger partial charge >= 0.3 is 5.97 Å². The zero-order valence-corrected chi connectivity index (χ0v) is 14.1. The van der Waals surface area contributed by atoms with E-state index in [1.807, 2.05) is 36.4 Å². The quantitative estimate of drug-likeness (QED) is 0.813. The van der Waals surface area contributed by atoms with Crippen LogP contribution in [0.4, 0.5) is 0 Å². The topological polar surface area (TPSA) is 66.4 Å². The first-order valence-corrected chi connectivity index (χ1v) is 8.77. The standard InChI is InChI=1S/C21H23NO3/c23-20(18-11-12-19(18)21(24)25)22-14-13-17(15-7-3-1-4-8-15)16-9-5-2-6-10-16/h1-10,17-19H,11-14H2,(H,22,23)(H,24,25). The summed E-state index contributed by atoms with van der Waals surface area (Å²) in [6.45, 7) is 0.538. The van der Waals surface area contributed by atoms with E-state index >= 15 is 0 Å². The number of hydrogen-bond donors (Lipinski definition) is 2. The summed E-state index contributed by atoms with van der Waals surface area (Å²) in [7, 11) is 0. The number of carbonyl (C=O) groups is 2. The van der Waals surface area contributed by atoms with Crippen LogP contribution in [0.2, 0.25) is 0 Å². The van der Waals surface area contributed by atoms with Crippen molar-refractivity contribution in [3.8, 4) is 0 Å². The van der Waals surface area contributed by atoms with Crippen LogP contribution in [0.25, 0.3) is 0 Å². The molecule has 4 heteroatoms. The fourth-order valence-corrected chi connectivity index (χ4v) is 3.48. The van der Waals surface area contributed by atoms with Crippen molar-refractivity contribution in [2.75, 3.05) is 6.54 Å². The van der Waals surface area contributed by atoms with Gasteiger partial charge in [-0.1, -0.05) is 60.7 Å². The van der Waals surface area contributed by atoms with Crippen LogP contribution in [0.1, 0.15) is 36.3 Å². The lowest BCUT2D eigenvalue weighted by Gasteiger charge is -2.32. The molecule has 3 rings (SSSR count). The lowest BCUT2D eigenvalue weighted by atomic mass is 9.73. The molecule has 0 spiro atoms. The number of carboxylic acids is 1. The van der Waals surface area contributed by atoms with Crippen LogP contribution in [0, 0.1) is 11.8 Å². The molecule has 2 N–H and O–H groups in total. The molecule has 2 aromatic rings. The fraction of sp³-hybridized carbons (Fsp3) is 0.333. The summed E-state index contributed by atoms with van der Waals surface area (Å²) >= 11 is 0. The molecule has 0 heterocycles. The Morgan fingerprint density at radius 1 is 0.920 bits per heavy atom. The van der Waals surface area contributed by atoms with E-state index in [1.165, 1.54) is 11.1 Å². The number of benzene rings is 2. The molecule has 0 aliphatic heterocycles. The van der Waals surface area contributed by atoms with E-state index in [0.29, 0.717) is 19.4 Å². The maximum Gasteiger partial charge on any atom is 0.307 e. The van der Waals surface area contributed by atoms with Gasteiger partial charge < -0.3 is 10.4 Å². The van der Waals surface area contributed by atoms with E-state index in [1.54, 1.807) is 0 Å². The Balaban J connectivity index is 1.62. The van der Waals surface area contributed by atoms with Crippen LogP contribution in [-0.2, 0) is 9.59 Å². The minimum atomic E-state index is -0.863.